The monoisotopic (exact) mass is 465 g/mol. The van der Waals surface area contributed by atoms with Crippen molar-refractivity contribution >= 4 is 33.2 Å². The zero-order valence-electron chi connectivity index (χ0n) is 19.0. The Bertz CT molecular complexity index is 1280. The molecule has 0 aliphatic heterocycles. The maximum atomic E-state index is 13.0. The number of amides is 2. The first kappa shape index (κ1) is 24.0. The molecule has 172 valence electrons. The molecule has 0 unspecified atom stereocenters. The van der Waals surface area contributed by atoms with E-state index in [2.05, 4.69) is 15.4 Å². The number of aryl methyl sites for hydroxylation is 1. The Balaban J connectivity index is 1.86. The van der Waals surface area contributed by atoms with Crippen LogP contribution >= 0.6 is 0 Å². The first-order valence-electron chi connectivity index (χ1n) is 10.5. The third-order valence-corrected chi connectivity index (χ3v) is 6.38. The van der Waals surface area contributed by atoms with Gasteiger partial charge in [0.2, 0.25) is 0 Å². The van der Waals surface area contributed by atoms with Gasteiger partial charge in [0.25, 0.3) is 21.8 Å². The van der Waals surface area contributed by atoms with Crippen molar-refractivity contribution in [1.29, 1.82) is 0 Å². The highest BCUT2D eigenvalue weighted by Gasteiger charge is 2.19. The van der Waals surface area contributed by atoms with Gasteiger partial charge >= 0.3 is 0 Å². The first-order valence-corrected chi connectivity index (χ1v) is 12.0. The van der Waals surface area contributed by atoms with Crippen molar-refractivity contribution in [2.45, 2.75) is 38.6 Å². The number of hydrogen-bond acceptors (Lipinski definition) is 4. The van der Waals surface area contributed by atoms with Crippen LogP contribution in [0.15, 0.2) is 71.6 Å². The average Bonchev–Trinajstić information content (AvgIpc) is 2.75. The third-order valence-electron chi connectivity index (χ3n) is 4.99. The van der Waals surface area contributed by atoms with Crippen molar-refractivity contribution in [3.8, 4) is 0 Å². The second-order valence-corrected chi connectivity index (χ2v) is 9.71. The predicted octanol–water partition coefficient (Wildman–Crippen LogP) is 4.49. The van der Waals surface area contributed by atoms with Crippen LogP contribution in [0, 0.1) is 13.8 Å². The topological polar surface area (TPSA) is 104 Å². The number of para-hydroxylation sites is 1. The van der Waals surface area contributed by atoms with E-state index in [-0.39, 0.29) is 22.4 Å². The molecule has 0 aliphatic carbocycles. The van der Waals surface area contributed by atoms with Crippen molar-refractivity contribution in [2.24, 2.45) is 0 Å². The van der Waals surface area contributed by atoms with Gasteiger partial charge in [0.15, 0.2) is 0 Å². The second kappa shape index (κ2) is 9.87. The van der Waals surface area contributed by atoms with E-state index < -0.39 is 15.9 Å². The molecule has 0 aliphatic rings. The Morgan fingerprint density at radius 2 is 1.36 bits per heavy atom. The standard InChI is InChI=1S/C25H27N3O4S/c1-16(2)26-25(30)21-8-5-6-10-23(21)27-24(29)20-9-7-11-22(18(20)4)28-33(31,32)19-14-12-17(3)13-15-19/h5-16,28H,1-4H3,(H,26,30)(H,27,29). The fraction of sp³-hybridized carbons (Fsp3) is 0.200. The molecule has 0 bridgehead atoms. The SMILES string of the molecule is Cc1ccc(S(=O)(=O)Nc2cccc(C(=O)Nc3ccccc3C(=O)NC(C)C)c2C)cc1. The molecule has 0 radical (unpaired) electrons. The van der Waals surface area contributed by atoms with E-state index in [0.717, 1.165) is 5.56 Å². The fourth-order valence-corrected chi connectivity index (χ4v) is 4.36. The Hall–Kier alpha value is -3.65. The van der Waals surface area contributed by atoms with Crippen molar-refractivity contribution in [3.63, 3.8) is 0 Å². The fourth-order valence-electron chi connectivity index (χ4n) is 3.23. The van der Waals surface area contributed by atoms with E-state index in [1.807, 2.05) is 20.8 Å². The molecule has 2 amide bonds. The van der Waals surface area contributed by atoms with E-state index in [1.165, 1.54) is 12.1 Å². The number of rotatable bonds is 7. The van der Waals surface area contributed by atoms with Crippen LogP contribution in [0.5, 0.6) is 0 Å². The lowest BCUT2D eigenvalue weighted by Gasteiger charge is -2.16. The van der Waals surface area contributed by atoms with Crippen LogP contribution in [0.1, 0.15) is 45.7 Å². The second-order valence-electron chi connectivity index (χ2n) is 8.02. The lowest BCUT2D eigenvalue weighted by molar-refractivity contribution is 0.0944. The van der Waals surface area contributed by atoms with Crippen molar-refractivity contribution < 1.29 is 18.0 Å². The molecule has 3 rings (SSSR count). The summed E-state index contributed by atoms with van der Waals surface area (Å²) < 4.78 is 28.1. The van der Waals surface area contributed by atoms with Crippen LogP contribution < -0.4 is 15.4 Å². The van der Waals surface area contributed by atoms with Crippen LogP contribution in [0.25, 0.3) is 0 Å². The van der Waals surface area contributed by atoms with Crippen molar-refractivity contribution in [3.05, 3.63) is 89.0 Å². The molecule has 3 aromatic rings. The molecule has 0 aromatic heterocycles. The maximum absolute atomic E-state index is 13.0. The van der Waals surface area contributed by atoms with Gasteiger partial charge in [0.1, 0.15) is 0 Å². The predicted molar refractivity (Wildman–Crippen MR) is 130 cm³/mol. The van der Waals surface area contributed by atoms with E-state index in [9.17, 15) is 18.0 Å². The Kier molecular flexibility index (Phi) is 7.18. The van der Waals surface area contributed by atoms with Gasteiger partial charge < -0.3 is 10.6 Å². The maximum Gasteiger partial charge on any atom is 0.261 e. The highest BCUT2D eigenvalue weighted by Crippen LogP contribution is 2.24. The molecule has 8 heteroatoms. The molecule has 0 heterocycles. The highest BCUT2D eigenvalue weighted by atomic mass is 32.2. The molecular formula is C25H27N3O4S. The summed E-state index contributed by atoms with van der Waals surface area (Å²) >= 11 is 0. The van der Waals surface area contributed by atoms with Crippen molar-refractivity contribution in [2.75, 3.05) is 10.0 Å². The molecule has 3 N–H and O–H groups in total. The zero-order valence-corrected chi connectivity index (χ0v) is 19.8. The highest BCUT2D eigenvalue weighted by molar-refractivity contribution is 7.92. The number of nitrogens with one attached hydrogen (secondary N) is 3. The van der Waals surface area contributed by atoms with Crippen LogP contribution in [0.3, 0.4) is 0 Å². The summed E-state index contributed by atoms with van der Waals surface area (Å²) in [5, 5.41) is 5.58. The number of sulfonamides is 1. The summed E-state index contributed by atoms with van der Waals surface area (Å²) in [7, 11) is -3.82. The molecular weight excluding hydrogens is 438 g/mol. The summed E-state index contributed by atoms with van der Waals surface area (Å²) in [6.07, 6.45) is 0. The van der Waals surface area contributed by atoms with Gasteiger partial charge in [-0.3, -0.25) is 14.3 Å². The number of carbonyl (C=O) groups is 2. The lowest BCUT2D eigenvalue weighted by Crippen LogP contribution is -2.31. The molecule has 0 saturated carbocycles. The molecule has 0 spiro atoms. The third kappa shape index (κ3) is 5.78. The summed E-state index contributed by atoms with van der Waals surface area (Å²) in [6, 6.07) is 18.0. The van der Waals surface area contributed by atoms with Gasteiger partial charge in [0, 0.05) is 11.6 Å². The Morgan fingerprint density at radius 3 is 2.03 bits per heavy atom. The quantitative estimate of drug-likeness (QED) is 0.478. The minimum Gasteiger partial charge on any atom is -0.350 e. The molecule has 3 aromatic carbocycles. The summed E-state index contributed by atoms with van der Waals surface area (Å²) in [6.45, 7) is 7.25. The summed E-state index contributed by atoms with van der Waals surface area (Å²) in [4.78, 5) is 25.7. The van der Waals surface area contributed by atoms with Crippen LogP contribution in [0.4, 0.5) is 11.4 Å². The lowest BCUT2D eigenvalue weighted by atomic mass is 10.1. The first-order chi connectivity index (χ1) is 15.6. The van der Waals surface area contributed by atoms with Gasteiger partial charge in [-0.2, -0.15) is 0 Å². The minimum atomic E-state index is -3.82. The van der Waals surface area contributed by atoms with Gasteiger partial charge in [-0.25, -0.2) is 8.42 Å². The zero-order chi connectivity index (χ0) is 24.2. The van der Waals surface area contributed by atoms with Gasteiger partial charge in [-0.15, -0.1) is 0 Å². The minimum absolute atomic E-state index is 0.0539. The van der Waals surface area contributed by atoms with Crippen LogP contribution in [0.2, 0.25) is 0 Å². The molecule has 33 heavy (non-hydrogen) atoms. The van der Waals surface area contributed by atoms with Gasteiger partial charge in [-0.05, 0) is 69.7 Å². The number of carbonyl (C=O) groups excluding carboxylic acids is 2. The average molecular weight is 466 g/mol. The van der Waals surface area contributed by atoms with Crippen LogP contribution in [-0.2, 0) is 10.0 Å². The smallest absolute Gasteiger partial charge is 0.261 e. The van der Waals surface area contributed by atoms with E-state index >= 15 is 0 Å². The van der Waals surface area contributed by atoms with Crippen molar-refractivity contribution in [1.82, 2.24) is 5.32 Å². The number of hydrogen-bond donors (Lipinski definition) is 3. The van der Waals surface area contributed by atoms with Gasteiger partial charge in [-0.1, -0.05) is 35.9 Å². The van der Waals surface area contributed by atoms with E-state index in [1.54, 1.807) is 61.5 Å². The normalized spacial score (nSPS) is 11.2. The van der Waals surface area contributed by atoms with Crippen LogP contribution in [-0.4, -0.2) is 26.3 Å². The summed E-state index contributed by atoms with van der Waals surface area (Å²) in [5.41, 5.74) is 2.72. The molecule has 0 saturated heterocycles. The van der Waals surface area contributed by atoms with E-state index in [4.69, 9.17) is 0 Å². The largest absolute Gasteiger partial charge is 0.350 e. The summed E-state index contributed by atoms with van der Waals surface area (Å²) in [5.74, 6) is -0.745. The Morgan fingerprint density at radius 1 is 0.758 bits per heavy atom. The van der Waals surface area contributed by atoms with E-state index in [0.29, 0.717) is 22.5 Å². The molecule has 7 nitrogen and oxygen atoms in total. The number of benzene rings is 3. The number of anilines is 2. The Labute approximate surface area is 194 Å². The van der Waals surface area contributed by atoms with Gasteiger partial charge in [0.05, 0.1) is 21.8 Å². The molecule has 0 atom stereocenters. The molecule has 0 fully saturated rings.